The molecule has 1 aromatic rings. The summed E-state index contributed by atoms with van der Waals surface area (Å²) in [6, 6.07) is 9.70. The zero-order valence-electron chi connectivity index (χ0n) is 14.3. The van der Waals surface area contributed by atoms with Crippen LogP contribution >= 0.6 is 0 Å². The lowest BCUT2D eigenvalue weighted by atomic mass is 10.1. The average Bonchev–Trinajstić information content (AvgIpc) is 2.53. The van der Waals surface area contributed by atoms with Gasteiger partial charge in [0.2, 0.25) is 0 Å². The number of hydrogen-bond acceptors (Lipinski definition) is 3. The SMILES string of the molecule is CC(=O)CCCCCCCC(C)=O.O=CC=Cc1ccccc1. The molecule has 0 unspecified atom stereocenters. The van der Waals surface area contributed by atoms with Crippen molar-refractivity contribution in [2.45, 2.75) is 58.8 Å². The van der Waals surface area contributed by atoms with Crippen molar-refractivity contribution >= 4 is 23.9 Å². The van der Waals surface area contributed by atoms with Crippen molar-refractivity contribution in [3.63, 3.8) is 0 Å². The second kappa shape index (κ2) is 14.9. The summed E-state index contributed by atoms with van der Waals surface area (Å²) in [4.78, 5) is 31.0. The first kappa shape index (κ1) is 21.0. The standard InChI is InChI=1S/C11H20O2.C9H8O/c1-10(12)8-6-4-3-5-7-9-11(2)13;10-8-4-7-9-5-2-1-3-6-9/h3-9H2,1-2H3;1-8H. The van der Waals surface area contributed by atoms with Crippen LogP contribution < -0.4 is 0 Å². The van der Waals surface area contributed by atoms with Gasteiger partial charge in [0, 0.05) is 12.8 Å². The number of Topliss-reactive ketones (excluding diaryl/α,β-unsaturated/α-hetero) is 2. The summed E-state index contributed by atoms with van der Waals surface area (Å²) in [6.07, 6.45) is 10.9. The van der Waals surface area contributed by atoms with Gasteiger partial charge >= 0.3 is 0 Å². The van der Waals surface area contributed by atoms with Crippen LogP contribution in [0, 0.1) is 0 Å². The summed E-state index contributed by atoms with van der Waals surface area (Å²) in [5.74, 6) is 0.562. The van der Waals surface area contributed by atoms with E-state index in [0.29, 0.717) is 12.8 Å². The van der Waals surface area contributed by atoms with Gasteiger partial charge in [-0.15, -0.1) is 0 Å². The van der Waals surface area contributed by atoms with Crippen LogP contribution in [0.5, 0.6) is 0 Å². The molecular formula is C20H28O3. The summed E-state index contributed by atoms with van der Waals surface area (Å²) < 4.78 is 0. The molecule has 0 N–H and O–H groups in total. The smallest absolute Gasteiger partial charge is 0.142 e. The van der Waals surface area contributed by atoms with Gasteiger partial charge in [-0.05, 0) is 38.3 Å². The van der Waals surface area contributed by atoms with E-state index in [1.807, 2.05) is 30.3 Å². The molecule has 0 aliphatic carbocycles. The Kier molecular flexibility index (Phi) is 13.6. The van der Waals surface area contributed by atoms with E-state index in [0.717, 1.165) is 44.0 Å². The molecule has 23 heavy (non-hydrogen) atoms. The van der Waals surface area contributed by atoms with E-state index < -0.39 is 0 Å². The van der Waals surface area contributed by atoms with Gasteiger partial charge in [-0.1, -0.05) is 55.7 Å². The maximum Gasteiger partial charge on any atom is 0.142 e. The third kappa shape index (κ3) is 16.2. The predicted octanol–water partition coefficient (Wildman–Crippen LogP) is 4.79. The predicted molar refractivity (Wildman–Crippen MR) is 95.2 cm³/mol. The number of carbonyl (C=O) groups excluding carboxylic acids is 3. The Hall–Kier alpha value is -2.03. The van der Waals surface area contributed by atoms with E-state index in [2.05, 4.69) is 0 Å². The van der Waals surface area contributed by atoms with Gasteiger partial charge < -0.3 is 9.59 Å². The maximum atomic E-state index is 10.6. The fourth-order valence-corrected chi connectivity index (χ4v) is 1.99. The Bertz CT molecular complexity index is 457. The van der Waals surface area contributed by atoms with Crippen molar-refractivity contribution in [3.8, 4) is 0 Å². The van der Waals surface area contributed by atoms with Crippen LogP contribution in [0.3, 0.4) is 0 Å². The van der Waals surface area contributed by atoms with E-state index in [-0.39, 0.29) is 11.6 Å². The van der Waals surface area contributed by atoms with Crippen molar-refractivity contribution in [2.75, 3.05) is 0 Å². The van der Waals surface area contributed by atoms with Crippen molar-refractivity contribution in [1.82, 2.24) is 0 Å². The lowest BCUT2D eigenvalue weighted by Crippen LogP contribution is -1.91. The Labute approximate surface area is 139 Å². The first-order valence-corrected chi connectivity index (χ1v) is 8.22. The minimum absolute atomic E-state index is 0.281. The molecular weight excluding hydrogens is 288 g/mol. The summed E-state index contributed by atoms with van der Waals surface area (Å²) in [5, 5.41) is 0. The van der Waals surface area contributed by atoms with Gasteiger partial charge in [0.1, 0.15) is 17.9 Å². The fourth-order valence-electron chi connectivity index (χ4n) is 1.99. The number of aldehydes is 1. The highest BCUT2D eigenvalue weighted by molar-refractivity contribution is 5.75. The van der Waals surface area contributed by atoms with Crippen LogP contribution in [-0.4, -0.2) is 17.9 Å². The zero-order chi connectivity index (χ0) is 17.3. The molecule has 1 aromatic carbocycles. The molecule has 3 nitrogen and oxygen atoms in total. The van der Waals surface area contributed by atoms with Crippen LogP contribution in [0.25, 0.3) is 6.08 Å². The molecule has 0 aliphatic heterocycles. The molecule has 0 atom stereocenters. The van der Waals surface area contributed by atoms with Gasteiger partial charge in [-0.25, -0.2) is 0 Å². The van der Waals surface area contributed by atoms with Crippen LogP contribution in [-0.2, 0) is 14.4 Å². The summed E-state index contributed by atoms with van der Waals surface area (Å²) in [5.41, 5.74) is 1.05. The van der Waals surface area contributed by atoms with Crippen LogP contribution in [0.15, 0.2) is 36.4 Å². The Balaban J connectivity index is 0.000000433. The number of ketones is 2. The lowest BCUT2D eigenvalue weighted by Gasteiger charge is -1.98. The highest BCUT2D eigenvalue weighted by atomic mass is 16.1. The van der Waals surface area contributed by atoms with Crippen LogP contribution in [0.4, 0.5) is 0 Å². The normalized spacial score (nSPS) is 10.0. The lowest BCUT2D eigenvalue weighted by molar-refractivity contribution is -0.117. The summed E-state index contributed by atoms with van der Waals surface area (Å²) in [7, 11) is 0. The Morgan fingerprint density at radius 1 is 0.826 bits per heavy atom. The van der Waals surface area contributed by atoms with Gasteiger partial charge in [-0.2, -0.15) is 0 Å². The molecule has 0 aliphatic rings. The zero-order valence-corrected chi connectivity index (χ0v) is 14.3. The van der Waals surface area contributed by atoms with Gasteiger partial charge in [0.05, 0.1) is 0 Å². The van der Waals surface area contributed by atoms with E-state index in [1.165, 1.54) is 6.08 Å². The fraction of sp³-hybridized carbons (Fsp3) is 0.450. The Morgan fingerprint density at radius 2 is 1.30 bits per heavy atom. The first-order valence-electron chi connectivity index (χ1n) is 8.22. The minimum Gasteiger partial charge on any atom is -0.300 e. The first-order chi connectivity index (χ1) is 11.1. The number of rotatable bonds is 10. The largest absolute Gasteiger partial charge is 0.300 e. The molecule has 1 rings (SSSR count). The highest BCUT2D eigenvalue weighted by Crippen LogP contribution is 2.07. The van der Waals surface area contributed by atoms with Crippen molar-refractivity contribution in [2.24, 2.45) is 0 Å². The maximum absolute atomic E-state index is 10.6. The molecule has 0 saturated carbocycles. The van der Waals surface area contributed by atoms with E-state index in [1.54, 1.807) is 19.9 Å². The Morgan fingerprint density at radius 3 is 1.74 bits per heavy atom. The van der Waals surface area contributed by atoms with Crippen molar-refractivity contribution < 1.29 is 14.4 Å². The topological polar surface area (TPSA) is 51.2 Å². The third-order valence-electron chi connectivity index (χ3n) is 3.22. The van der Waals surface area contributed by atoms with Crippen molar-refractivity contribution in [3.05, 3.63) is 42.0 Å². The molecule has 3 heteroatoms. The van der Waals surface area contributed by atoms with E-state index in [9.17, 15) is 14.4 Å². The monoisotopic (exact) mass is 316 g/mol. The average molecular weight is 316 g/mol. The molecule has 0 spiro atoms. The van der Waals surface area contributed by atoms with Crippen LogP contribution in [0.2, 0.25) is 0 Å². The van der Waals surface area contributed by atoms with E-state index >= 15 is 0 Å². The van der Waals surface area contributed by atoms with E-state index in [4.69, 9.17) is 0 Å². The quantitative estimate of drug-likeness (QED) is 0.354. The van der Waals surface area contributed by atoms with Gasteiger partial charge in [0.25, 0.3) is 0 Å². The number of carbonyl (C=O) groups is 3. The molecule has 0 fully saturated rings. The molecule has 0 bridgehead atoms. The molecule has 0 heterocycles. The number of benzene rings is 1. The number of unbranched alkanes of at least 4 members (excludes halogenated alkanes) is 4. The third-order valence-corrected chi connectivity index (χ3v) is 3.22. The van der Waals surface area contributed by atoms with Crippen LogP contribution in [0.1, 0.15) is 64.4 Å². The van der Waals surface area contributed by atoms with Gasteiger partial charge in [0.15, 0.2) is 0 Å². The summed E-state index contributed by atoms with van der Waals surface area (Å²) >= 11 is 0. The molecule has 0 amide bonds. The second-order valence-corrected chi connectivity index (χ2v) is 5.58. The van der Waals surface area contributed by atoms with Gasteiger partial charge in [-0.3, -0.25) is 4.79 Å². The molecule has 0 saturated heterocycles. The molecule has 126 valence electrons. The van der Waals surface area contributed by atoms with Crippen molar-refractivity contribution in [1.29, 1.82) is 0 Å². The highest BCUT2D eigenvalue weighted by Gasteiger charge is 1.95. The second-order valence-electron chi connectivity index (χ2n) is 5.58. The molecule has 0 radical (unpaired) electrons. The number of allylic oxidation sites excluding steroid dienone is 1. The summed E-state index contributed by atoms with van der Waals surface area (Å²) in [6.45, 7) is 3.27. The number of hydrogen-bond donors (Lipinski definition) is 0. The minimum atomic E-state index is 0.281. The molecule has 0 aromatic heterocycles.